The normalized spacial score (nSPS) is 19.8. The zero-order valence-electron chi connectivity index (χ0n) is 12.0. The summed E-state index contributed by atoms with van der Waals surface area (Å²) in [5.41, 5.74) is 1.27. The van der Waals surface area contributed by atoms with Crippen molar-refractivity contribution in [2.24, 2.45) is 5.92 Å². The van der Waals surface area contributed by atoms with Crippen LogP contribution in [0.2, 0.25) is 0 Å². The number of benzene rings is 1. The lowest BCUT2D eigenvalue weighted by Gasteiger charge is -2.30. The lowest BCUT2D eigenvalue weighted by atomic mass is 9.98. The van der Waals surface area contributed by atoms with E-state index < -0.39 is 5.97 Å². The summed E-state index contributed by atoms with van der Waals surface area (Å²) in [4.78, 5) is 13.3. The Morgan fingerprint density at radius 3 is 2.80 bits per heavy atom. The van der Waals surface area contributed by atoms with Crippen molar-refractivity contribution < 1.29 is 14.6 Å². The van der Waals surface area contributed by atoms with E-state index in [1.807, 2.05) is 19.1 Å². The lowest BCUT2D eigenvalue weighted by molar-refractivity contribution is -0.143. The molecule has 4 heteroatoms. The molecule has 20 heavy (non-hydrogen) atoms. The summed E-state index contributed by atoms with van der Waals surface area (Å²) in [6.45, 7) is 5.29. The van der Waals surface area contributed by atoms with Crippen molar-refractivity contribution in [1.82, 2.24) is 4.90 Å². The SMILES string of the molecule is CCOc1ccc(CCN2CCCC(C(=O)O)C2)cc1. The summed E-state index contributed by atoms with van der Waals surface area (Å²) >= 11 is 0. The minimum absolute atomic E-state index is 0.191. The predicted molar refractivity (Wildman–Crippen MR) is 78.1 cm³/mol. The van der Waals surface area contributed by atoms with E-state index in [-0.39, 0.29) is 5.92 Å². The molecule has 1 aromatic carbocycles. The fraction of sp³-hybridized carbons (Fsp3) is 0.562. The van der Waals surface area contributed by atoms with Gasteiger partial charge in [0.15, 0.2) is 0 Å². The number of carboxylic acids is 1. The Bertz CT molecular complexity index is 430. The molecule has 1 aromatic rings. The van der Waals surface area contributed by atoms with Gasteiger partial charge in [0.25, 0.3) is 0 Å². The highest BCUT2D eigenvalue weighted by atomic mass is 16.5. The molecular formula is C16H23NO3. The molecule has 2 rings (SSSR count). The van der Waals surface area contributed by atoms with Gasteiger partial charge in [-0.05, 0) is 50.4 Å². The first-order chi connectivity index (χ1) is 9.69. The molecule has 110 valence electrons. The Morgan fingerprint density at radius 2 is 2.15 bits per heavy atom. The third kappa shape index (κ3) is 4.23. The van der Waals surface area contributed by atoms with Crippen molar-refractivity contribution in [2.45, 2.75) is 26.2 Å². The van der Waals surface area contributed by atoms with Crippen LogP contribution in [0.4, 0.5) is 0 Å². The van der Waals surface area contributed by atoms with Crippen LogP contribution in [0.3, 0.4) is 0 Å². The standard InChI is InChI=1S/C16H23NO3/c1-2-20-15-7-5-13(6-8-15)9-11-17-10-3-4-14(12-17)16(18)19/h5-8,14H,2-4,9-12H2,1H3,(H,18,19). The van der Waals surface area contributed by atoms with E-state index in [1.165, 1.54) is 5.56 Å². The molecule has 4 nitrogen and oxygen atoms in total. The van der Waals surface area contributed by atoms with E-state index in [0.717, 1.165) is 38.1 Å². The number of piperidine rings is 1. The highest BCUT2D eigenvalue weighted by Crippen LogP contribution is 2.18. The first-order valence-electron chi connectivity index (χ1n) is 7.36. The number of carbonyl (C=O) groups is 1. The zero-order chi connectivity index (χ0) is 14.4. The van der Waals surface area contributed by atoms with Crippen molar-refractivity contribution >= 4 is 5.97 Å². The van der Waals surface area contributed by atoms with Crippen molar-refractivity contribution in [3.63, 3.8) is 0 Å². The second kappa shape index (κ2) is 7.29. The summed E-state index contributed by atoms with van der Waals surface area (Å²) in [5.74, 6) is 0.0556. The van der Waals surface area contributed by atoms with Crippen LogP contribution in [0.25, 0.3) is 0 Å². The van der Waals surface area contributed by atoms with Gasteiger partial charge in [0.2, 0.25) is 0 Å². The number of likely N-dealkylation sites (tertiary alicyclic amines) is 1. The van der Waals surface area contributed by atoms with Gasteiger partial charge in [0.1, 0.15) is 5.75 Å². The molecule has 0 spiro atoms. The maximum absolute atomic E-state index is 11.0. The van der Waals surface area contributed by atoms with Crippen molar-refractivity contribution in [3.05, 3.63) is 29.8 Å². The summed E-state index contributed by atoms with van der Waals surface area (Å²) < 4.78 is 5.42. The molecule has 0 aliphatic carbocycles. The van der Waals surface area contributed by atoms with Crippen LogP contribution in [0.1, 0.15) is 25.3 Å². The van der Waals surface area contributed by atoms with Crippen molar-refractivity contribution in [3.8, 4) is 5.75 Å². The number of ether oxygens (including phenoxy) is 1. The molecule has 0 aromatic heterocycles. The first-order valence-corrected chi connectivity index (χ1v) is 7.36. The van der Waals surface area contributed by atoms with Gasteiger partial charge < -0.3 is 14.7 Å². The lowest BCUT2D eigenvalue weighted by Crippen LogP contribution is -2.39. The van der Waals surface area contributed by atoms with Crippen LogP contribution in [-0.2, 0) is 11.2 Å². The fourth-order valence-corrected chi connectivity index (χ4v) is 2.67. The van der Waals surface area contributed by atoms with Gasteiger partial charge in [-0.15, -0.1) is 0 Å². The molecule has 1 aliphatic rings. The Labute approximate surface area is 120 Å². The van der Waals surface area contributed by atoms with E-state index in [2.05, 4.69) is 17.0 Å². The molecule has 1 fully saturated rings. The molecular weight excluding hydrogens is 254 g/mol. The van der Waals surface area contributed by atoms with Gasteiger partial charge in [-0.25, -0.2) is 0 Å². The molecule has 1 saturated heterocycles. The van der Waals surface area contributed by atoms with E-state index in [4.69, 9.17) is 9.84 Å². The number of rotatable bonds is 6. The average Bonchev–Trinajstić information content (AvgIpc) is 2.47. The molecule has 0 saturated carbocycles. The second-order valence-corrected chi connectivity index (χ2v) is 5.30. The monoisotopic (exact) mass is 277 g/mol. The van der Waals surface area contributed by atoms with Crippen molar-refractivity contribution in [2.75, 3.05) is 26.2 Å². The largest absolute Gasteiger partial charge is 0.494 e. The van der Waals surface area contributed by atoms with Crippen LogP contribution < -0.4 is 4.74 Å². The van der Waals surface area contributed by atoms with Crippen LogP contribution in [0.15, 0.2) is 24.3 Å². The molecule has 1 unspecified atom stereocenters. The smallest absolute Gasteiger partial charge is 0.307 e. The van der Waals surface area contributed by atoms with Gasteiger partial charge in [0, 0.05) is 13.1 Å². The summed E-state index contributed by atoms with van der Waals surface area (Å²) in [6, 6.07) is 8.16. The molecule has 1 heterocycles. The quantitative estimate of drug-likeness (QED) is 0.867. The van der Waals surface area contributed by atoms with Crippen molar-refractivity contribution in [1.29, 1.82) is 0 Å². The number of nitrogens with zero attached hydrogens (tertiary/aromatic N) is 1. The molecule has 0 amide bonds. The Kier molecular flexibility index (Phi) is 5.41. The number of hydrogen-bond acceptors (Lipinski definition) is 3. The Morgan fingerprint density at radius 1 is 1.40 bits per heavy atom. The highest BCUT2D eigenvalue weighted by molar-refractivity contribution is 5.70. The number of hydrogen-bond donors (Lipinski definition) is 1. The summed E-state index contributed by atoms with van der Waals surface area (Å²) in [7, 11) is 0. The van der Waals surface area contributed by atoms with Crippen LogP contribution >= 0.6 is 0 Å². The third-order valence-corrected chi connectivity index (χ3v) is 3.81. The van der Waals surface area contributed by atoms with Gasteiger partial charge in [-0.3, -0.25) is 4.79 Å². The molecule has 1 atom stereocenters. The first kappa shape index (κ1) is 14.9. The molecule has 0 radical (unpaired) electrons. The van der Waals surface area contributed by atoms with Gasteiger partial charge in [0.05, 0.1) is 12.5 Å². The fourth-order valence-electron chi connectivity index (χ4n) is 2.67. The van der Waals surface area contributed by atoms with Gasteiger partial charge >= 0.3 is 5.97 Å². The maximum Gasteiger partial charge on any atom is 0.307 e. The maximum atomic E-state index is 11.0. The van der Waals surface area contributed by atoms with Crippen LogP contribution in [0, 0.1) is 5.92 Å². The number of carboxylic acid groups (broad SMARTS) is 1. The van der Waals surface area contributed by atoms with E-state index in [1.54, 1.807) is 0 Å². The molecule has 1 N–H and O–H groups in total. The predicted octanol–water partition coefficient (Wildman–Crippen LogP) is 2.42. The molecule has 0 bridgehead atoms. The Balaban J connectivity index is 1.80. The minimum Gasteiger partial charge on any atom is -0.494 e. The van der Waals surface area contributed by atoms with Crippen LogP contribution in [-0.4, -0.2) is 42.2 Å². The molecule has 1 aliphatic heterocycles. The summed E-state index contributed by atoms with van der Waals surface area (Å²) in [5, 5.41) is 9.08. The van der Waals surface area contributed by atoms with E-state index in [9.17, 15) is 4.79 Å². The van der Waals surface area contributed by atoms with E-state index >= 15 is 0 Å². The highest BCUT2D eigenvalue weighted by Gasteiger charge is 2.24. The zero-order valence-corrected chi connectivity index (χ0v) is 12.0. The van der Waals surface area contributed by atoms with Crippen LogP contribution in [0.5, 0.6) is 5.75 Å². The number of aliphatic carboxylic acids is 1. The van der Waals surface area contributed by atoms with E-state index in [0.29, 0.717) is 13.2 Å². The summed E-state index contributed by atoms with van der Waals surface area (Å²) in [6.07, 6.45) is 2.76. The van der Waals surface area contributed by atoms with Gasteiger partial charge in [-0.2, -0.15) is 0 Å². The average molecular weight is 277 g/mol. The topological polar surface area (TPSA) is 49.8 Å². The second-order valence-electron chi connectivity index (χ2n) is 5.30. The van der Waals surface area contributed by atoms with Gasteiger partial charge in [-0.1, -0.05) is 12.1 Å². The third-order valence-electron chi connectivity index (χ3n) is 3.81. The Hall–Kier alpha value is -1.55. The minimum atomic E-state index is -0.657.